The van der Waals surface area contributed by atoms with Crippen LogP contribution >= 0.6 is 11.3 Å². The first-order valence-corrected chi connectivity index (χ1v) is 9.43. The zero-order valence-corrected chi connectivity index (χ0v) is 16.2. The second kappa shape index (κ2) is 8.70. The predicted molar refractivity (Wildman–Crippen MR) is 104 cm³/mol. The molecule has 0 spiro atoms. The molecule has 3 amide bonds. The summed E-state index contributed by atoms with van der Waals surface area (Å²) in [6, 6.07) is 4.54. The molecule has 2 heterocycles. The molecule has 1 saturated heterocycles. The number of methoxy groups -OCH3 is 2. The van der Waals surface area contributed by atoms with Crippen molar-refractivity contribution in [3.63, 3.8) is 0 Å². The van der Waals surface area contributed by atoms with Crippen LogP contribution in [0.3, 0.4) is 0 Å². The van der Waals surface area contributed by atoms with E-state index in [1.807, 2.05) is 0 Å². The second-order valence-electron chi connectivity index (χ2n) is 6.09. The maximum Gasteiger partial charge on any atom is 0.248 e. The van der Waals surface area contributed by atoms with Crippen LogP contribution in [0.2, 0.25) is 0 Å². The summed E-state index contributed by atoms with van der Waals surface area (Å²) in [5.74, 6) is 0.392. The number of hydrogen-bond donors (Lipinski definition) is 3. The van der Waals surface area contributed by atoms with Crippen LogP contribution in [-0.2, 0) is 20.8 Å². The average molecular weight is 404 g/mol. The van der Waals surface area contributed by atoms with Crippen molar-refractivity contribution < 1.29 is 23.9 Å². The summed E-state index contributed by atoms with van der Waals surface area (Å²) >= 11 is 1.22. The van der Waals surface area contributed by atoms with Crippen molar-refractivity contribution in [1.29, 1.82) is 0 Å². The summed E-state index contributed by atoms with van der Waals surface area (Å²) in [7, 11) is 3.06. The number of thiazole rings is 1. The zero-order valence-electron chi connectivity index (χ0n) is 15.4. The van der Waals surface area contributed by atoms with Crippen molar-refractivity contribution in [3.05, 3.63) is 29.3 Å². The number of benzene rings is 1. The van der Waals surface area contributed by atoms with Gasteiger partial charge in [0.05, 0.1) is 26.3 Å². The number of nitrogens with one attached hydrogen (secondary N) is 3. The lowest BCUT2D eigenvalue weighted by atomic mass is 10.2. The monoisotopic (exact) mass is 404 g/mol. The van der Waals surface area contributed by atoms with Gasteiger partial charge in [0, 0.05) is 23.6 Å². The Kier molecular flexibility index (Phi) is 6.09. The van der Waals surface area contributed by atoms with E-state index < -0.39 is 6.04 Å². The largest absolute Gasteiger partial charge is 0.493 e. The second-order valence-corrected chi connectivity index (χ2v) is 6.94. The van der Waals surface area contributed by atoms with Crippen LogP contribution < -0.4 is 25.4 Å². The van der Waals surface area contributed by atoms with E-state index in [1.165, 1.54) is 25.6 Å². The molecular weight excluding hydrogens is 384 g/mol. The fourth-order valence-electron chi connectivity index (χ4n) is 2.73. The molecule has 3 rings (SSSR count). The van der Waals surface area contributed by atoms with Gasteiger partial charge in [0.2, 0.25) is 17.7 Å². The third kappa shape index (κ3) is 4.77. The van der Waals surface area contributed by atoms with Gasteiger partial charge in [-0.2, -0.15) is 0 Å². The maximum absolute atomic E-state index is 12.3. The van der Waals surface area contributed by atoms with Crippen LogP contribution in [-0.4, -0.2) is 43.0 Å². The molecule has 3 N–H and O–H groups in total. The molecule has 1 aromatic heterocycles. The minimum absolute atomic E-state index is 0.0564. The van der Waals surface area contributed by atoms with Crippen LogP contribution in [0.15, 0.2) is 23.6 Å². The number of carbonyl (C=O) groups excluding carboxylic acids is 3. The normalized spacial score (nSPS) is 15.6. The molecule has 1 atom stereocenters. The van der Waals surface area contributed by atoms with E-state index in [1.54, 1.807) is 23.6 Å². The Bertz CT molecular complexity index is 898. The van der Waals surface area contributed by atoms with Crippen molar-refractivity contribution in [3.8, 4) is 11.5 Å². The van der Waals surface area contributed by atoms with E-state index in [0.717, 1.165) is 0 Å². The Morgan fingerprint density at radius 1 is 1.25 bits per heavy atom. The van der Waals surface area contributed by atoms with E-state index in [0.29, 0.717) is 40.9 Å². The summed E-state index contributed by atoms with van der Waals surface area (Å²) in [4.78, 5) is 39.8. The van der Waals surface area contributed by atoms with E-state index in [2.05, 4.69) is 20.9 Å². The number of aromatic nitrogens is 1. The lowest BCUT2D eigenvalue weighted by Crippen LogP contribution is -2.37. The Hall–Kier alpha value is -3.14. The smallest absolute Gasteiger partial charge is 0.248 e. The van der Waals surface area contributed by atoms with Gasteiger partial charge >= 0.3 is 0 Å². The minimum atomic E-state index is -0.534. The van der Waals surface area contributed by atoms with Gasteiger partial charge in [-0.25, -0.2) is 4.98 Å². The van der Waals surface area contributed by atoms with Crippen LogP contribution in [0, 0.1) is 0 Å². The predicted octanol–water partition coefficient (Wildman–Crippen LogP) is 1.56. The molecule has 10 heteroatoms. The van der Waals surface area contributed by atoms with E-state index >= 15 is 0 Å². The van der Waals surface area contributed by atoms with Crippen molar-refractivity contribution in [1.82, 2.24) is 10.3 Å². The molecule has 1 aliphatic rings. The molecule has 28 heavy (non-hydrogen) atoms. The molecular formula is C18H20N4O5S. The molecule has 1 aliphatic heterocycles. The SMILES string of the molecule is COc1ccc(NC(=O)Cc2csc(NC(=O)C3CCC(=O)N3)n2)cc1OC. The first kappa shape index (κ1) is 19.6. The first-order valence-electron chi connectivity index (χ1n) is 8.55. The molecule has 0 radical (unpaired) electrons. The highest BCUT2D eigenvalue weighted by atomic mass is 32.1. The molecule has 1 fully saturated rings. The van der Waals surface area contributed by atoms with Crippen LogP contribution in [0.5, 0.6) is 11.5 Å². The molecule has 0 saturated carbocycles. The summed E-state index contributed by atoms with van der Waals surface area (Å²) in [6.07, 6.45) is 0.870. The third-order valence-corrected chi connectivity index (χ3v) is 4.91. The van der Waals surface area contributed by atoms with E-state index in [4.69, 9.17) is 9.47 Å². The average Bonchev–Trinajstić information content (AvgIpc) is 3.30. The van der Waals surface area contributed by atoms with Gasteiger partial charge in [-0.3, -0.25) is 14.4 Å². The number of anilines is 2. The highest BCUT2D eigenvalue weighted by Crippen LogP contribution is 2.29. The number of ether oxygens (including phenoxy) is 2. The molecule has 9 nitrogen and oxygen atoms in total. The number of hydrogen-bond acceptors (Lipinski definition) is 7. The Morgan fingerprint density at radius 2 is 2.04 bits per heavy atom. The number of amides is 3. The Labute approximate surface area is 165 Å². The number of carbonyl (C=O) groups is 3. The van der Waals surface area contributed by atoms with Gasteiger partial charge in [0.25, 0.3) is 0 Å². The standard InChI is InChI=1S/C18H20N4O5S/c1-26-13-5-3-10(7-14(13)27-2)19-16(24)8-11-9-28-18(20-11)22-17(25)12-4-6-15(23)21-12/h3,5,7,9,12H,4,6,8H2,1-2H3,(H,19,24)(H,21,23)(H,20,22,25). The van der Waals surface area contributed by atoms with Gasteiger partial charge in [0.15, 0.2) is 16.6 Å². The molecule has 148 valence electrons. The van der Waals surface area contributed by atoms with Crippen molar-refractivity contribution in [2.75, 3.05) is 24.9 Å². The van der Waals surface area contributed by atoms with Gasteiger partial charge in [-0.05, 0) is 18.6 Å². The summed E-state index contributed by atoms with van der Waals surface area (Å²) < 4.78 is 10.4. The van der Waals surface area contributed by atoms with Crippen LogP contribution in [0.4, 0.5) is 10.8 Å². The fourth-order valence-corrected chi connectivity index (χ4v) is 3.45. The highest BCUT2D eigenvalue weighted by Gasteiger charge is 2.27. The number of rotatable bonds is 7. The molecule has 1 aromatic carbocycles. The molecule has 2 aromatic rings. The van der Waals surface area contributed by atoms with Crippen molar-refractivity contribution in [2.24, 2.45) is 0 Å². The minimum Gasteiger partial charge on any atom is -0.493 e. The highest BCUT2D eigenvalue weighted by molar-refractivity contribution is 7.13. The lowest BCUT2D eigenvalue weighted by molar-refractivity contribution is -0.122. The van der Waals surface area contributed by atoms with Crippen LogP contribution in [0.25, 0.3) is 0 Å². The van der Waals surface area contributed by atoms with Crippen molar-refractivity contribution in [2.45, 2.75) is 25.3 Å². The van der Waals surface area contributed by atoms with Crippen LogP contribution in [0.1, 0.15) is 18.5 Å². The Balaban J connectivity index is 1.55. The first-order chi connectivity index (χ1) is 13.5. The van der Waals surface area contributed by atoms with Gasteiger partial charge in [0.1, 0.15) is 6.04 Å². The zero-order chi connectivity index (χ0) is 20.1. The molecule has 0 aliphatic carbocycles. The summed E-state index contributed by atoms with van der Waals surface area (Å²) in [6.45, 7) is 0. The summed E-state index contributed by atoms with van der Waals surface area (Å²) in [5.41, 5.74) is 1.11. The van der Waals surface area contributed by atoms with Crippen molar-refractivity contribution >= 4 is 39.9 Å². The topological polar surface area (TPSA) is 119 Å². The Morgan fingerprint density at radius 3 is 2.71 bits per heavy atom. The van der Waals surface area contributed by atoms with Gasteiger partial charge < -0.3 is 25.4 Å². The van der Waals surface area contributed by atoms with Gasteiger partial charge in [-0.1, -0.05) is 0 Å². The quantitative estimate of drug-likeness (QED) is 0.644. The van der Waals surface area contributed by atoms with E-state index in [-0.39, 0.29) is 24.1 Å². The number of nitrogens with zero attached hydrogens (tertiary/aromatic N) is 1. The maximum atomic E-state index is 12.3. The molecule has 0 bridgehead atoms. The lowest BCUT2D eigenvalue weighted by Gasteiger charge is -2.10. The third-order valence-electron chi connectivity index (χ3n) is 4.10. The fraction of sp³-hybridized carbons (Fsp3) is 0.333. The summed E-state index contributed by atoms with van der Waals surface area (Å²) in [5, 5.41) is 10.1. The van der Waals surface area contributed by atoms with E-state index in [9.17, 15) is 14.4 Å². The molecule has 1 unspecified atom stereocenters. The van der Waals surface area contributed by atoms with Gasteiger partial charge in [-0.15, -0.1) is 11.3 Å².